The second kappa shape index (κ2) is 5.62. The zero-order valence-corrected chi connectivity index (χ0v) is 10.8. The summed E-state index contributed by atoms with van der Waals surface area (Å²) in [6.45, 7) is 0. The average molecular weight is 276 g/mol. The van der Waals surface area contributed by atoms with E-state index in [1.54, 1.807) is 6.08 Å². The van der Waals surface area contributed by atoms with Crippen molar-refractivity contribution in [3.8, 4) is 0 Å². The Labute approximate surface area is 112 Å². The van der Waals surface area contributed by atoms with Crippen LogP contribution in [0.25, 0.3) is 0 Å². The van der Waals surface area contributed by atoms with Gasteiger partial charge in [0.05, 0.1) is 0 Å². The van der Waals surface area contributed by atoms with Crippen molar-refractivity contribution in [3.63, 3.8) is 0 Å². The number of rotatable bonds is 5. The Hall–Kier alpha value is -2.21. The molecular formula is C13H12N2O3S. The van der Waals surface area contributed by atoms with E-state index >= 15 is 0 Å². The molecule has 0 amide bonds. The van der Waals surface area contributed by atoms with Gasteiger partial charge in [-0.15, -0.1) is 0 Å². The van der Waals surface area contributed by atoms with Crippen LogP contribution in [0.15, 0.2) is 46.5 Å². The van der Waals surface area contributed by atoms with E-state index in [0.717, 1.165) is 5.56 Å². The summed E-state index contributed by atoms with van der Waals surface area (Å²) in [6, 6.07) is 9.54. The Kier molecular flexibility index (Phi) is 3.91. The Morgan fingerprint density at radius 3 is 2.37 bits per heavy atom. The zero-order chi connectivity index (χ0) is 13.7. The molecule has 0 saturated heterocycles. The van der Waals surface area contributed by atoms with Gasteiger partial charge in [-0.1, -0.05) is 30.3 Å². The third-order valence-electron chi connectivity index (χ3n) is 2.52. The lowest BCUT2D eigenvalue weighted by molar-refractivity contribution is -0.102. The Morgan fingerprint density at radius 1 is 1.11 bits per heavy atom. The second-order valence-electron chi connectivity index (χ2n) is 3.93. The minimum Gasteiger partial charge on any atom is -0.323 e. The van der Waals surface area contributed by atoms with Crippen LogP contribution in [0.5, 0.6) is 0 Å². The molecule has 2 rings (SSSR count). The highest BCUT2D eigenvalue weighted by Gasteiger charge is 2.27. The molecule has 0 aliphatic carbocycles. The molecule has 1 heterocycles. The minimum atomic E-state index is -2.63. The third-order valence-corrected chi connectivity index (χ3v) is 4.21. The number of carbonyl (C=O) groups excluding carboxylic acids is 3. The van der Waals surface area contributed by atoms with Gasteiger partial charge in [-0.25, -0.2) is 4.40 Å². The van der Waals surface area contributed by atoms with Crippen molar-refractivity contribution in [1.82, 2.24) is 4.72 Å². The molecule has 1 N–H and O–H groups in total. The fourth-order valence-electron chi connectivity index (χ4n) is 1.71. The minimum absolute atomic E-state index is 0.110. The molecule has 6 heteroatoms. The number of nitrogens with zero attached hydrogens (tertiary/aromatic N) is 1. The molecule has 5 nitrogen and oxygen atoms in total. The number of nitrogens with one attached hydrogen (secondary N) is 1. The summed E-state index contributed by atoms with van der Waals surface area (Å²) in [5, 5.41) is 0. The van der Waals surface area contributed by atoms with Crippen LogP contribution in [0.4, 0.5) is 0 Å². The van der Waals surface area contributed by atoms with Crippen LogP contribution in [-0.2, 0) is 20.8 Å². The number of carbonyl (C=O) groups is 3. The van der Waals surface area contributed by atoms with E-state index in [4.69, 9.17) is 0 Å². The monoisotopic (exact) mass is 276 g/mol. The van der Waals surface area contributed by atoms with Crippen molar-refractivity contribution in [2.24, 2.45) is 4.40 Å². The third kappa shape index (κ3) is 2.97. The fourth-order valence-corrected chi connectivity index (χ4v) is 2.98. The van der Waals surface area contributed by atoms with Crippen molar-refractivity contribution >= 4 is 33.6 Å². The lowest BCUT2D eigenvalue weighted by Crippen LogP contribution is -2.27. The van der Waals surface area contributed by atoms with E-state index in [9.17, 15) is 14.4 Å². The molecule has 98 valence electrons. The molecule has 0 aromatic heterocycles. The maximum absolute atomic E-state index is 11.1. The van der Waals surface area contributed by atoms with Crippen LogP contribution in [-0.4, -0.2) is 23.2 Å². The van der Waals surface area contributed by atoms with Gasteiger partial charge in [0.2, 0.25) is 11.2 Å². The Morgan fingerprint density at radius 2 is 1.79 bits per heavy atom. The highest BCUT2D eigenvalue weighted by molar-refractivity contribution is 8.51. The lowest BCUT2D eigenvalue weighted by atomic mass is 10.1. The fraction of sp³-hybridized carbons (Fsp3) is 0.0769. The van der Waals surface area contributed by atoms with Gasteiger partial charge in [-0.2, -0.15) is 0 Å². The van der Waals surface area contributed by atoms with E-state index < -0.39 is 10.4 Å². The molecule has 1 aliphatic heterocycles. The first-order chi connectivity index (χ1) is 9.21. The largest absolute Gasteiger partial charge is 0.323 e. The molecule has 1 aromatic rings. The van der Waals surface area contributed by atoms with Gasteiger partial charge in [0.25, 0.3) is 0 Å². The Balaban J connectivity index is 2.29. The van der Waals surface area contributed by atoms with Gasteiger partial charge >= 0.3 is 0 Å². The SMILES string of the molecule is O=CC1=NS(C=O)(C=O)NC(Cc2ccccc2)=C1. The summed E-state index contributed by atoms with van der Waals surface area (Å²) >= 11 is 0. The van der Waals surface area contributed by atoms with Gasteiger partial charge in [-0.05, 0) is 11.6 Å². The van der Waals surface area contributed by atoms with E-state index in [0.29, 0.717) is 29.6 Å². The van der Waals surface area contributed by atoms with Crippen molar-refractivity contribution in [3.05, 3.63) is 47.7 Å². The standard InChI is InChI=1S/C13H12N2O3S/c16-8-13-7-12(6-11-4-2-1-3-5-11)14-19(9-17,10-18)15-13/h1-5,7-10,14H,6H2. The van der Waals surface area contributed by atoms with Gasteiger partial charge in [0, 0.05) is 22.5 Å². The number of allylic oxidation sites excluding steroid dienone is 2. The Bertz CT molecular complexity index is 559. The van der Waals surface area contributed by atoms with Crippen molar-refractivity contribution in [2.75, 3.05) is 0 Å². The molecule has 0 atom stereocenters. The van der Waals surface area contributed by atoms with Crippen molar-refractivity contribution in [2.45, 2.75) is 6.42 Å². The summed E-state index contributed by atoms with van der Waals surface area (Å²) in [5.74, 6) is 0. The predicted octanol–water partition coefficient (Wildman–Crippen LogP) is 1.37. The predicted molar refractivity (Wildman–Crippen MR) is 76.0 cm³/mol. The number of benzene rings is 1. The first kappa shape index (κ1) is 13.2. The average Bonchev–Trinajstić information content (AvgIpc) is 2.47. The molecular weight excluding hydrogens is 264 g/mol. The molecule has 0 saturated carbocycles. The quantitative estimate of drug-likeness (QED) is 0.824. The summed E-state index contributed by atoms with van der Waals surface area (Å²) < 4.78 is 6.71. The highest BCUT2D eigenvalue weighted by atomic mass is 32.3. The topological polar surface area (TPSA) is 75.6 Å². The maximum atomic E-state index is 11.1. The first-order valence-electron chi connectivity index (χ1n) is 5.52. The van der Waals surface area contributed by atoms with E-state index in [1.165, 1.54) is 0 Å². The van der Waals surface area contributed by atoms with Crippen LogP contribution in [0, 0.1) is 0 Å². The second-order valence-corrected chi connectivity index (χ2v) is 6.05. The van der Waals surface area contributed by atoms with Gasteiger partial charge in [0.15, 0.2) is 6.29 Å². The summed E-state index contributed by atoms with van der Waals surface area (Å²) in [4.78, 5) is 33.0. The van der Waals surface area contributed by atoms with Crippen LogP contribution in [0.3, 0.4) is 0 Å². The highest BCUT2D eigenvalue weighted by Crippen LogP contribution is 2.42. The number of hydrogen-bond donors (Lipinski definition) is 1. The van der Waals surface area contributed by atoms with Crippen molar-refractivity contribution < 1.29 is 14.4 Å². The number of hydrogen-bond acceptors (Lipinski definition) is 5. The van der Waals surface area contributed by atoms with E-state index in [2.05, 4.69) is 9.12 Å². The van der Waals surface area contributed by atoms with Gasteiger partial charge in [0.1, 0.15) is 5.71 Å². The molecule has 0 spiro atoms. The van der Waals surface area contributed by atoms with E-state index in [-0.39, 0.29) is 5.71 Å². The number of aldehydes is 1. The smallest absolute Gasteiger partial charge is 0.201 e. The normalized spacial score (nSPS) is 18.3. The van der Waals surface area contributed by atoms with Crippen LogP contribution < -0.4 is 4.72 Å². The van der Waals surface area contributed by atoms with Crippen LogP contribution in [0.2, 0.25) is 0 Å². The first-order valence-corrected chi connectivity index (χ1v) is 7.24. The van der Waals surface area contributed by atoms with Crippen LogP contribution in [0.1, 0.15) is 5.56 Å². The molecule has 0 unspecified atom stereocenters. The molecule has 1 aromatic carbocycles. The zero-order valence-electron chi connectivity index (χ0n) is 9.98. The summed E-state index contributed by atoms with van der Waals surface area (Å²) in [5.41, 5.74) is 2.71. The van der Waals surface area contributed by atoms with Crippen molar-refractivity contribution in [1.29, 1.82) is 0 Å². The molecule has 1 aliphatic rings. The maximum Gasteiger partial charge on any atom is 0.201 e. The lowest BCUT2D eigenvalue weighted by Gasteiger charge is -2.29. The summed E-state index contributed by atoms with van der Waals surface area (Å²) in [6.07, 6.45) is 2.60. The van der Waals surface area contributed by atoms with E-state index in [1.807, 2.05) is 30.3 Å². The molecule has 0 radical (unpaired) electrons. The molecule has 0 fully saturated rings. The molecule has 19 heavy (non-hydrogen) atoms. The van der Waals surface area contributed by atoms with Crippen LogP contribution >= 0.6 is 10.4 Å². The van der Waals surface area contributed by atoms with Gasteiger partial charge in [-0.3, -0.25) is 14.4 Å². The molecule has 0 bridgehead atoms. The summed E-state index contributed by atoms with van der Waals surface area (Å²) in [7, 11) is -2.63. The van der Waals surface area contributed by atoms with Gasteiger partial charge < -0.3 is 4.72 Å².